The molecule has 0 aromatic carbocycles. The fourth-order valence-electron chi connectivity index (χ4n) is 2.08. The number of nitrogens with zero attached hydrogens (tertiary/aromatic N) is 3. The van der Waals surface area contributed by atoms with E-state index in [0.717, 1.165) is 10.4 Å². The van der Waals surface area contributed by atoms with Crippen molar-refractivity contribution in [1.82, 2.24) is 14.5 Å². The van der Waals surface area contributed by atoms with Crippen molar-refractivity contribution < 1.29 is 0 Å². The molecule has 2 rings (SSSR count). The second-order valence-corrected chi connectivity index (χ2v) is 4.73. The molecule has 3 nitrogen and oxygen atoms in total. The molecular formula is C10H16BrN3. The average molecular weight is 258 g/mol. The fourth-order valence-corrected chi connectivity index (χ4v) is 2.37. The van der Waals surface area contributed by atoms with Gasteiger partial charge in [-0.15, -0.1) is 0 Å². The summed E-state index contributed by atoms with van der Waals surface area (Å²) < 4.78 is 3.17. The summed E-state index contributed by atoms with van der Waals surface area (Å²) in [7, 11) is 2.05. The molecular weight excluding hydrogens is 242 g/mol. The molecule has 2 heterocycles. The standard InChI is InChI=1S/C10H16BrN3/c1-8(14-5-3-4-6-14)10-12-7-9(11)13(10)2/h7-8H,3-6H2,1-2H3. The zero-order valence-corrected chi connectivity index (χ0v) is 10.3. The molecule has 0 saturated carbocycles. The van der Waals surface area contributed by atoms with Crippen molar-refractivity contribution in [3.63, 3.8) is 0 Å². The van der Waals surface area contributed by atoms with Crippen LogP contribution in [0.1, 0.15) is 31.6 Å². The van der Waals surface area contributed by atoms with E-state index in [1.165, 1.54) is 25.9 Å². The van der Waals surface area contributed by atoms with Crippen molar-refractivity contribution in [1.29, 1.82) is 0 Å². The zero-order chi connectivity index (χ0) is 10.1. The Hall–Kier alpha value is -0.350. The highest BCUT2D eigenvalue weighted by atomic mass is 79.9. The van der Waals surface area contributed by atoms with Gasteiger partial charge >= 0.3 is 0 Å². The fraction of sp³-hybridized carbons (Fsp3) is 0.700. The average Bonchev–Trinajstić information content (AvgIpc) is 2.77. The summed E-state index contributed by atoms with van der Waals surface area (Å²) >= 11 is 3.47. The molecule has 1 fully saturated rings. The number of likely N-dealkylation sites (tertiary alicyclic amines) is 1. The first-order valence-electron chi connectivity index (χ1n) is 5.11. The molecule has 1 aromatic rings. The van der Waals surface area contributed by atoms with Gasteiger partial charge in [-0.05, 0) is 48.8 Å². The predicted molar refractivity (Wildman–Crippen MR) is 60.1 cm³/mol. The molecule has 4 heteroatoms. The summed E-state index contributed by atoms with van der Waals surface area (Å²) in [6, 6.07) is 0.439. The lowest BCUT2D eigenvalue weighted by Crippen LogP contribution is -2.25. The summed E-state index contributed by atoms with van der Waals surface area (Å²) in [6.45, 7) is 4.66. The van der Waals surface area contributed by atoms with E-state index in [1.807, 2.05) is 6.20 Å². The molecule has 1 atom stereocenters. The highest BCUT2D eigenvalue weighted by molar-refractivity contribution is 9.10. The Balaban J connectivity index is 2.17. The van der Waals surface area contributed by atoms with Gasteiger partial charge in [-0.3, -0.25) is 4.90 Å². The van der Waals surface area contributed by atoms with Crippen LogP contribution in [0.2, 0.25) is 0 Å². The topological polar surface area (TPSA) is 21.1 Å². The minimum atomic E-state index is 0.439. The first-order chi connectivity index (χ1) is 6.70. The van der Waals surface area contributed by atoms with E-state index < -0.39 is 0 Å². The molecule has 0 bridgehead atoms. The van der Waals surface area contributed by atoms with Crippen molar-refractivity contribution >= 4 is 15.9 Å². The normalized spacial score (nSPS) is 20.2. The second kappa shape index (κ2) is 4.03. The monoisotopic (exact) mass is 257 g/mol. The SMILES string of the molecule is CC(c1ncc(Br)n1C)N1CCCC1. The van der Waals surface area contributed by atoms with Crippen LogP contribution in [0, 0.1) is 0 Å². The largest absolute Gasteiger partial charge is 0.325 e. The Morgan fingerprint density at radius 1 is 1.43 bits per heavy atom. The third-order valence-corrected chi connectivity index (χ3v) is 3.77. The third-order valence-electron chi connectivity index (χ3n) is 3.03. The van der Waals surface area contributed by atoms with Crippen molar-refractivity contribution in [2.24, 2.45) is 7.05 Å². The maximum atomic E-state index is 4.43. The van der Waals surface area contributed by atoms with E-state index in [2.05, 4.69) is 44.4 Å². The van der Waals surface area contributed by atoms with Crippen molar-refractivity contribution in [2.75, 3.05) is 13.1 Å². The van der Waals surface area contributed by atoms with E-state index in [4.69, 9.17) is 0 Å². The van der Waals surface area contributed by atoms with Crippen LogP contribution >= 0.6 is 15.9 Å². The van der Waals surface area contributed by atoms with Gasteiger partial charge in [0.2, 0.25) is 0 Å². The molecule has 0 spiro atoms. The van der Waals surface area contributed by atoms with Crippen molar-refractivity contribution in [3.8, 4) is 0 Å². The zero-order valence-electron chi connectivity index (χ0n) is 8.70. The van der Waals surface area contributed by atoms with Crippen LogP contribution in [0.3, 0.4) is 0 Å². The Bertz CT molecular complexity index is 315. The van der Waals surface area contributed by atoms with Crippen LogP contribution in [0.4, 0.5) is 0 Å². The molecule has 78 valence electrons. The van der Waals surface area contributed by atoms with Crippen molar-refractivity contribution in [3.05, 3.63) is 16.6 Å². The van der Waals surface area contributed by atoms with Crippen LogP contribution in [0.5, 0.6) is 0 Å². The molecule has 1 aromatic heterocycles. The number of hydrogen-bond donors (Lipinski definition) is 0. The Kier molecular flexibility index (Phi) is 2.93. The number of aromatic nitrogens is 2. The van der Waals surface area contributed by atoms with Gasteiger partial charge in [0.15, 0.2) is 0 Å². The van der Waals surface area contributed by atoms with E-state index in [0.29, 0.717) is 6.04 Å². The van der Waals surface area contributed by atoms with Gasteiger partial charge in [-0.25, -0.2) is 4.98 Å². The molecule has 0 radical (unpaired) electrons. The number of halogens is 1. The van der Waals surface area contributed by atoms with Gasteiger partial charge in [0.1, 0.15) is 10.4 Å². The Morgan fingerprint density at radius 2 is 2.07 bits per heavy atom. The molecule has 0 aliphatic carbocycles. The predicted octanol–water partition coefficient (Wildman–Crippen LogP) is 2.34. The van der Waals surface area contributed by atoms with Crippen molar-refractivity contribution in [2.45, 2.75) is 25.8 Å². The van der Waals surface area contributed by atoms with Gasteiger partial charge in [0.05, 0.1) is 12.2 Å². The first kappa shape index (κ1) is 10.2. The van der Waals surface area contributed by atoms with Gasteiger partial charge in [-0.1, -0.05) is 0 Å². The lowest BCUT2D eigenvalue weighted by molar-refractivity contribution is 0.249. The van der Waals surface area contributed by atoms with Crippen LogP contribution < -0.4 is 0 Å². The molecule has 1 aliphatic heterocycles. The summed E-state index contributed by atoms with van der Waals surface area (Å²) in [5.74, 6) is 1.15. The number of imidazole rings is 1. The first-order valence-corrected chi connectivity index (χ1v) is 5.90. The minimum absolute atomic E-state index is 0.439. The van der Waals surface area contributed by atoms with Gasteiger partial charge in [0, 0.05) is 7.05 Å². The Labute approximate surface area is 93.2 Å². The van der Waals surface area contributed by atoms with E-state index >= 15 is 0 Å². The lowest BCUT2D eigenvalue weighted by Gasteiger charge is -2.23. The van der Waals surface area contributed by atoms with E-state index in [1.54, 1.807) is 0 Å². The van der Waals surface area contributed by atoms with Crippen LogP contribution in [-0.4, -0.2) is 27.5 Å². The lowest BCUT2D eigenvalue weighted by atomic mass is 10.3. The summed E-state index contributed by atoms with van der Waals surface area (Å²) in [5, 5.41) is 0. The second-order valence-electron chi connectivity index (χ2n) is 3.92. The maximum absolute atomic E-state index is 4.43. The van der Waals surface area contributed by atoms with Gasteiger partial charge in [-0.2, -0.15) is 0 Å². The molecule has 1 aliphatic rings. The Morgan fingerprint density at radius 3 is 2.57 bits per heavy atom. The minimum Gasteiger partial charge on any atom is -0.325 e. The quantitative estimate of drug-likeness (QED) is 0.811. The van der Waals surface area contributed by atoms with Gasteiger partial charge in [0.25, 0.3) is 0 Å². The molecule has 0 N–H and O–H groups in total. The van der Waals surface area contributed by atoms with Crippen LogP contribution in [0.25, 0.3) is 0 Å². The molecule has 14 heavy (non-hydrogen) atoms. The summed E-state index contributed by atoms with van der Waals surface area (Å²) in [6.07, 6.45) is 4.54. The molecule has 1 saturated heterocycles. The van der Waals surface area contributed by atoms with E-state index in [-0.39, 0.29) is 0 Å². The highest BCUT2D eigenvalue weighted by Crippen LogP contribution is 2.24. The summed E-state index contributed by atoms with van der Waals surface area (Å²) in [5.41, 5.74) is 0. The highest BCUT2D eigenvalue weighted by Gasteiger charge is 2.22. The van der Waals surface area contributed by atoms with Gasteiger partial charge < -0.3 is 4.57 Å². The molecule has 1 unspecified atom stereocenters. The third kappa shape index (κ3) is 1.73. The number of rotatable bonds is 2. The number of hydrogen-bond acceptors (Lipinski definition) is 2. The molecule has 0 amide bonds. The maximum Gasteiger partial charge on any atom is 0.126 e. The summed E-state index contributed by atoms with van der Waals surface area (Å²) in [4.78, 5) is 6.93. The van der Waals surface area contributed by atoms with Crippen LogP contribution in [-0.2, 0) is 7.05 Å². The smallest absolute Gasteiger partial charge is 0.126 e. The van der Waals surface area contributed by atoms with E-state index in [9.17, 15) is 0 Å². The van der Waals surface area contributed by atoms with Crippen LogP contribution in [0.15, 0.2) is 10.8 Å².